The van der Waals surface area contributed by atoms with Gasteiger partial charge in [-0.1, -0.05) is 50.2 Å². The Morgan fingerprint density at radius 2 is 1.73 bits per heavy atom. The van der Waals surface area contributed by atoms with Gasteiger partial charge in [-0.05, 0) is 33.6 Å². The molecule has 108 valence electrons. The second-order valence-corrected chi connectivity index (χ2v) is 7.23. The van der Waals surface area contributed by atoms with E-state index < -0.39 is 0 Å². The van der Waals surface area contributed by atoms with E-state index in [1.54, 1.807) is 0 Å². The number of fused-ring (bicyclic) bond motifs is 5. The molecule has 0 saturated heterocycles. The van der Waals surface area contributed by atoms with E-state index in [1.165, 1.54) is 32.9 Å². The highest BCUT2D eigenvalue weighted by Crippen LogP contribution is 2.48. The van der Waals surface area contributed by atoms with Gasteiger partial charge in [-0.25, -0.2) is 0 Å². The van der Waals surface area contributed by atoms with Crippen LogP contribution < -0.4 is 0 Å². The first-order valence-electron chi connectivity index (χ1n) is 7.42. The van der Waals surface area contributed by atoms with Crippen LogP contribution in [-0.4, -0.2) is 4.57 Å². The maximum Gasteiger partial charge on any atom is 0.210 e. The van der Waals surface area contributed by atoms with Crippen LogP contribution in [0.2, 0.25) is 0 Å². The first kappa shape index (κ1) is 12.5. The molecule has 0 aliphatic carbocycles. The molecule has 0 fully saturated rings. The lowest BCUT2D eigenvalue weighted by Gasteiger charge is -2.31. The molecule has 0 atom stereocenters. The zero-order chi connectivity index (χ0) is 15.1. The van der Waals surface area contributed by atoms with Crippen molar-refractivity contribution in [3.8, 4) is 5.88 Å². The minimum atomic E-state index is -0.0747. The summed E-state index contributed by atoms with van der Waals surface area (Å²) in [4.78, 5) is 0. The van der Waals surface area contributed by atoms with Crippen LogP contribution in [0.5, 0.6) is 0 Å². The lowest BCUT2D eigenvalue weighted by atomic mass is 9.76. The molecule has 2 nitrogen and oxygen atoms in total. The molecule has 0 bridgehead atoms. The van der Waals surface area contributed by atoms with Crippen LogP contribution in [0.4, 0.5) is 0 Å². The molecule has 2 aromatic carbocycles. The average molecular weight is 352 g/mol. The van der Waals surface area contributed by atoms with Crippen molar-refractivity contribution in [2.75, 3.05) is 0 Å². The van der Waals surface area contributed by atoms with E-state index in [2.05, 4.69) is 82.9 Å². The molecule has 0 radical (unpaired) electrons. The Morgan fingerprint density at radius 3 is 2.59 bits per heavy atom. The van der Waals surface area contributed by atoms with Gasteiger partial charge in [-0.3, -0.25) is 4.57 Å². The van der Waals surface area contributed by atoms with Gasteiger partial charge in [0, 0.05) is 21.8 Å². The summed E-state index contributed by atoms with van der Waals surface area (Å²) in [5, 5.41) is 2.56. The number of halogens is 1. The minimum absolute atomic E-state index is 0.0747. The summed E-state index contributed by atoms with van der Waals surface area (Å²) in [5.41, 5.74) is 4.96. The Morgan fingerprint density at radius 1 is 0.955 bits per heavy atom. The molecule has 0 amide bonds. The highest BCUT2D eigenvalue weighted by Gasteiger charge is 2.37. The van der Waals surface area contributed by atoms with Crippen molar-refractivity contribution in [2.24, 2.45) is 0 Å². The maximum absolute atomic E-state index is 6.03. The molecular formula is C19H14BrNO. The third kappa shape index (κ3) is 1.31. The van der Waals surface area contributed by atoms with Crippen LogP contribution in [-0.2, 0) is 5.41 Å². The van der Waals surface area contributed by atoms with Gasteiger partial charge >= 0.3 is 0 Å². The van der Waals surface area contributed by atoms with Gasteiger partial charge in [-0.2, -0.15) is 0 Å². The van der Waals surface area contributed by atoms with Crippen LogP contribution in [0.15, 0.2) is 57.6 Å². The zero-order valence-electron chi connectivity index (χ0n) is 12.4. The van der Waals surface area contributed by atoms with E-state index in [9.17, 15) is 0 Å². The molecule has 3 heterocycles. The maximum atomic E-state index is 6.03. The third-order valence-corrected chi connectivity index (χ3v) is 5.32. The largest absolute Gasteiger partial charge is 0.433 e. The van der Waals surface area contributed by atoms with Gasteiger partial charge in [-0.15, -0.1) is 0 Å². The molecule has 1 aliphatic heterocycles. The number of para-hydroxylation sites is 2. The average Bonchev–Trinajstić information content (AvgIpc) is 3.04. The fourth-order valence-electron chi connectivity index (χ4n) is 3.84. The highest BCUT2D eigenvalue weighted by atomic mass is 79.9. The van der Waals surface area contributed by atoms with Gasteiger partial charge in [0.05, 0.1) is 11.0 Å². The molecule has 3 heteroatoms. The predicted octanol–water partition coefficient (Wildman–Crippen LogP) is 5.78. The van der Waals surface area contributed by atoms with Crippen molar-refractivity contribution in [1.29, 1.82) is 0 Å². The number of benzene rings is 2. The molecule has 4 aromatic rings. The van der Waals surface area contributed by atoms with Crippen LogP contribution in [0, 0.1) is 0 Å². The molecule has 1 aliphatic rings. The summed E-state index contributed by atoms with van der Waals surface area (Å²) in [7, 11) is 0. The Labute approximate surface area is 136 Å². The molecule has 0 N–H and O–H groups in total. The van der Waals surface area contributed by atoms with Gasteiger partial charge in [0.1, 0.15) is 0 Å². The van der Waals surface area contributed by atoms with E-state index in [4.69, 9.17) is 4.42 Å². The molecule has 2 aromatic heterocycles. The van der Waals surface area contributed by atoms with Gasteiger partial charge < -0.3 is 4.42 Å². The summed E-state index contributed by atoms with van der Waals surface area (Å²) >= 11 is 3.51. The molecular weight excluding hydrogens is 338 g/mol. The first-order valence-corrected chi connectivity index (χ1v) is 8.21. The predicted molar refractivity (Wildman–Crippen MR) is 92.9 cm³/mol. The van der Waals surface area contributed by atoms with Gasteiger partial charge in [0.2, 0.25) is 5.88 Å². The van der Waals surface area contributed by atoms with Crippen molar-refractivity contribution < 1.29 is 4.42 Å². The number of hydrogen-bond acceptors (Lipinski definition) is 1. The summed E-state index contributed by atoms with van der Waals surface area (Å²) in [6, 6.07) is 17.2. The second kappa shape index (κ2) is 3.85. The smallest absolute Gasteiger partial charge is 0.210 e. The Hall–Kier alpha value is -2.00. The van der Waals surface area contributed by atoms with Gasteiger partial charge in [0.25, 0.3) is 0 Å². The van der Waals surface area contributed by atoms with E-state index in [0.29, 0.717) is 0 Å². The van der Waals surface area contributed by atoms with Crippen LogP contribution in [0.3, 0.4) is 0 Å². The van der Waals surface area contributed by atoms with Crippen molar-refractivity contribution in [1.82, 2.24) is 4.57 Å². The zero-order valence-corrected chi connectivity index (χ0v) is 13.9. The highest BCUT2D eigenvalue weighted by molar-refractivity contribution is 9.10. The molecule has 22 heavy (non-hydrogen) atoms. The number of aromatic nitrogens is 1. The van der Waals surface area contributed by atoms with Crippen LogP contribution >= 0.6 is 15.9 Å². The Bertz CT molecular complexity index is 1070. The van der Waals surface area contributed by atoms with E-state index in [-0.39, 0.29) is 5.41 Å². The van der Waals surface area contributed by atoms with E-state index in [1.807, 2.05) is 0 Å². The topological polar surface area (TPSA) is 18.1 Å². The normalized spacial score (nSPS) is 15.4. The Balaban J connectivity index is 2.14. The fraction of sp³-hybridized carbons (Fsp3) is 0.158. The number of rotatable bonds is 0. The summed E-state index contributed by atoms with van der Waals surface area (Å²) in [6.45, 7) is 4.54. The number of hydrogen-bond donors (Lipinski definition) is 0. The lowest BCUT2D eigenvalue weighted by Crippen LogP contribution is -2.24. The number of nitrogens with zero attached hydrogens (tertiary/aromatic N) is 1. The minimum Gasteiger partial charge on any atom is -0.433 e. The van der Waals surface area contributed by atoms with Crippen LogP contribution in [0.1, 0.15) is 25.0 Å². The van der Waals surface area contributed by atoms with Gasteiger partial charge in [0.15, 0.2) is 4.67 Å². The summed E-state index contributed by atoms with van der Waals surface area (Å²) in [6.07, 6.45) is 0. The molecule has 5 rings (SSSR count). The van der Waals surface area contributed by atoms with E-state index >= 15 is 0 Å². The SMILES string of the molecule is CC1(C)c2cc(Br)oc2-n2c3ccccc3c3cccc1c32. The standard InChI is InChI=1S/C19H14BrNO/c1-19(2)13-8-5-7-12-11-6-3-4-9-15(11)21(17(12)13)18-14(19)10-16(20)22-18/h3-10H,1-2H3. The Kier molecular flexibility index (Phi) is 2.19. The lowest BCUT2D eigenvalue weighted by molar-refractivity contribution is 0.503. The monoisotopic (exact) mass is 351 g/mol. The summed E-state index contributed by atoms with van der Waals surface area (Å²) in [5.74, 6) is 0.932. The molecule has 0 saturated carbocycles. The van der Waals surface area contributed by atoms with Crippen molar-refractivity contribution in [3.05, 3.63) is 64.3 Å². The van der Waals surface area contributed by atoms with Crippen LogP contribution in [0.25, 0.3) is 27.7 Å². The molecule has 0 unspecified atom stereocenters. The second-order valence-electron chi connectivity index (χ2n) is 6.45. The van der Waals surface area contributed by atoms with Crippen molar-refractivity contribution in [2.45, 2.75) is 19.3 Å². The van der Waals surface area contributed by atoms with Crippen molar-refractivity contribution in [3.63, 3.8) is 0 Å². The molecule has 0 spiro atoms. The summed E-state index contributed by atoms with van der Waals surface area (Å²) < 4.78 is 9.09. The van der Waals surface area contributed by atoms with Crippen molar-refractivity contribution >= 4 is 37.7 Å². The third-order valence-electron chi connectivity index (χ3n) is 4.93. The number of furan rings is 1. The first-order chi connectivity index (χ1) is 10.6. The quantitative estimate of drug-likeness (QED) is 0.392. The van der Waals surface area contributed by atoms with E-state index in [0.717, 1.165) is 10.6 Å². The fourth-order valence-corrected chi connectivity index (χ4v) is 4.23.